The molecule has 2 heterocycles. The van der Waals surface area contributed by atoms with Crippen LogP contribution in [0.1, 0.15) is 11.3 Å². The number of alkyl halides is 3. The van der Waals surface area contributed by atoms with Crippen molar-refractivity contribution in [1.29, 1.82) is 0 Å². The Morgan fingerprint density at radius 3 is 2.36 bits per heavy atom. The molecule has 0 radical (unpaired) electrons. The average Bonchev–Trinajstić information content (AvgIpc) is 2.93. The molecule has 0 amide bonds. The van der Waals surface area contributed by atoms with Crippen molar-refractivity contribution in [1.82, 2.24) is 15.2 Å². The molecule has 0 aliphatic carbocycles. The van der Waals surface area contributed by atoms with E-state index in [-0.39, 0.29) is 11.3 Å². The van der Waals surface area contributed by atoms with E-state index in [1.165, 1.54) is 12.4 Å². The first-order valence-electron chi connectivity index (χ1n) is 6.60. The van der Waals surface area contributed by atoms with E-state index < -0.39 is 11.9 Å². The summed E-state index contributed by atoms with van der Waals surface area (Å²) in [5.41, 5.74) is 1.49. The number of H-pyrrole nitrogens is 1. The van der Waals surface area contributed by atoms with Gasteiger partial charge < -0.3 is 0 Å². The van der Waals surface area contributed by atoms with E-state index in [0.29, 0.717) is 11.1 Å². The van der Waals surface area contributed by atoms with E-state index in [9.17, 15) is 13.2 Å². The number of rotatable bonds is 2. The Kier molecular flexibility index (Phi) is 3.44. The van der Waals surface area contributed by atoms with Crippen LogP contribution in [-0.4, -0.2) is 15.2 Å². The number of aromatic amines is 1. The molecule has 0 aliphatic rings. The Labute approximate surface area is 124 Å². The lowest BCUT2D eigenvalue weighted by Crippen LogP contribution is -2.07. The molecule has 3 aromatic rings. The fraction of sp³-hybridized carbons (Fsp3) is 0.125. The van der Waals surface area contributed by atoms with Crippen molar-refractivity contribution >= 4 is 0 Å². The molecule has 1 aromatic carbocycles. The molecule has 22 heavy (non-hydrogen) atoms. The minimum Gasteiger partial charge on any atom is -0.272 e. The van der Waals surface area contributed by atoms with Gasteiger partial charge in [-0.25, -0.2) is 0 Å². The molecule has 0 unspecified atom stereocenters. The van der Waals surface area contributed by atoms with E-state index >= 15 is 0 Å². The van der Waals surface area contributed by atoms with Crippen molar-refractivity contribution in [3.05, 3.63) is 60.0 Å². The molecule has 112 valence electrons. The highest BCUT2D eigenvalue weighted by Crippen LogP contribution is 2.40. The van der Waals surface area contributed by atoms with E-state index in [0.717, 1.165) is 5.56 Å². The summed E-state index contributed by atoms with van der Waals surface area (Å²) in [6.45, 7) is 1.88. The Morgan fingerprint density at radius 1 is 1.00 bits per heavy atom. The van der Waals surface area contributed by atoms with Crippen LogP contribution in [0, 0.1) is 6.92 Å². The maximum absolute atomic E-state index is 13.3. The van der Waals surface area contributed by atoms with Crippen LogP contribution in [-0.2, 0) is 6.18 Å². The van der Waals surface area contributed by atoms with Gasteiger partial charge in [0.25, 0.3) is 0 Å². The van der Waals surface area contributed by atoms with Gasteiger partial charge in [0.2, 0.25) is 0 Å². The van der Waals surface area contributed by atoms with Crippen LogP contribution >= 0.6 is 0 Å². The fourth-order valence-corrected chi connectivity index (χ4v) is 2.35. The summed E-state index contributed by atoms with van der Waals surface area (Å²) in [4.78, 5) is 3.85. The second kappa shape index (κ2) is 5.29. The molecule has 3 nitrogen and oxygen atoms in total. The zero-order chi connectivity index (χ0) is 15.7. The Balaban J connectivity index is 2.26. The second-order valence-electron chi connectivity index (χ2n) is 4.93. The molecular weight excluding hydrogens is 291 g/mol. The number of hydrogen-bond acceptors (Lipinski definition) is 2. The minimum atomic E-state index is -4.51. The highest BCUT2D eigenvalue weighted by Gasteiger charge is 2.37. The fourth-order valence-electron chi connectivity index (χ4n) is 2.35. The van der Waals surface area contributed by atoms with Crippen molar-refractivity contribution < 1.29 is 13.2 Å². The van der Waals surface area contributed by atoms with Gasteiger partial charge >= 0.3 is 6.18 Å². The third kappa shape index (κ3) is 2.59. The summed E-state index contributed by atoms with van der Waals surface area (Å²) in [6, 6.07) is 10.3. The van der Waals surface area contributed by atoms with Crippen LogP contribution in [0.5, 0.6) is 0 Å². The van der Waals surface area contributed by atoms with Gasteiger partial charge in [-0.2, -0.15) is 18.3 Å². The lowest BCUT2D eigenvalue weighted by Gasteiger charge is -2.09. The number of aryl methyl sites for hydroxylation is 1. The van der Waals surface area contributed by atoms with Gasteiger partial charge in [-0.1, -0.05) is 23.8 Å². The summed E-state index contributed by atoms with van der Waals surface area (Å²) >= 11 is 0. The largest absolute Gasteiger partial charge is 0.433 e. The molecule has 0 spiro atoms. The van der Waals surface area contributed by atoms with E-state index in [2.05, 4.69) is 15.2 Å². The molecule has 0 saturated heterocycles. The molecule has 3 rings (SSSR count). The molecule has 6 heteroatoms. The Morgan fingerprint density at radius 2 is 1.73 bits per heavy atom. The quantitative estimate of drug-likeness (QED) is 0.759. The first-order valence-corrected chi connectivity index (χ1v) is 6.60. The van der Waals surface area contributed by atoms with Gasteiger partial charge in [-0.15, -0.1) is 0 Å². The van der Waals surface area contributed by atoms with Crippen LogP contribution in [0.3, 0.4) is 0 Å². The van der Waals surface area contributed by atoms with Crippen molar-refractivity contribution in [2.24, 2.45) is 0 Å². The van der Waals surface area contributed by atoms with E-state index in [1.807, 2.05) is 13.0 Å². The van der Waals surface area contributed by atoms with Gasteiger partial charge in [-0.3, -0.25) is 10.1 Å². The molecule has 2 aromatic heterocycles. The number of pyridine rings is 1. The number of hydrogen-bond donors (Lipinski definition) is 1. The number of benzene rings is 1. The van der Waals surface area contributed by atoms with Crippen LogP contribution in [0.15, 0.2) is 48.8 Å². The monoisotopic (exact) mass is 303 g/mol. The maximum atomic E-state index is 13.3. The Bertz CT molecular complexity index is 792. The van der Waals surface area contributed by atoms with Gasteiger partial charge in [0.05, 0.1) is 0 Å². The highest BCUT2D eigenvalue weighted by molar-refractivity contribution is 5.83. The molecule has 1 N–H and O–H groups in total. The van der Waals surface area contributed by atoms with Crippen LogP contribution < -0.4 is 0 Å². The Hall–Kier alpha value is -2.63. The van der Waals surface area contributed by atoms with Gasteiger partial charge in [0, 0.05) is 23.5 Å². The lowest BCUT2D eigenvalue weighted by atomic mass is 9.98. The number of halogens is 3. The molecular formula is C16H12F3N3. The summed E-state index contributed by atoms with van der Waals surface area (Å²) < 4.78 is 39.8. The van der Waals surface area contributed by atoms with Gasteiger partial charge in [0.15, 0.2) is 0 Å². The smallest absolute Gasteiger partial charge is 0.272 e. The summed E-state index contributed by atoms with van der Waals surface area (Å²) in [5.74, 6) is 0. The van der Waals surface area contributed by atoms with Crippen LogP contribution in [0.4, 0.5) is 13.2 Å². The van der Waals surface area contributed by atoms with Crippen molar-refractivity contribution in [3.8, 4) is 22.4 Å². The number of nitrogens with zero attached hydrogens (tertiary/aromatic N) is 2. The minimum absolute atomic E-state index is 0.0421. The van der Waals surface area contributed by atoms with Crippen molar-refractivity contribution in [3.63, 3.8) is 0 Å². The number of nitrogens with one attached hydrogen (secondary N) is 1. The molecule has 0 fully saturated rings. The third-order valence-corrected chi connectivity index (χ3v) is 3.31. The average molecular weight is 303 g/mol. The van der Waals surface area contributed by atoms with Crippen LogP contribution in [0.25, 0.3) is 22.4 Å². The zero-order valence-corrected chi connectivity index (χ0v) is 11.6. The maximum Gasteiger partial charge on any atom is 0.433 e. The van der Waals surface area contributed by atoms with Gasteiger partial charge in [-0.05, 0) is 30.7 Å². The summed E-state index contributed by atoms with van der Waals surface area (Å²) in [6.07, 6.45) is -1.58. The van der Waals surface area contributed by atoms with Crippen molar-refractivity contribution in [2.75, 3.05) is 0 Å². The SMILES string of the molecule is Cc1cccc(-c2n[nH]c(C(F)(F)F)c2-c2ccncc2)c1. The lowest BCUT2D eigenvalue weighted by molar-refractivity contribution is -0.140. The van der Waals surface area contributed by atoms with E-state index in [1.54, 1.807) is 30.3 Å². The topological polar surface area (TPSA) is 41.6 Å². The summed E-state index contributed by atoms with van der Waals surface area (Å²) in [5, 5.41) is 6.04. The zero-order valence-electron chi connectivity index (χ0n) is 11.6. The van der Waals surface area contributed by atoms with E-state index in [4.69, 9.17) is 0 Å². The standard InChI is InChI=1S/C16H12F3N3/c1-10-3-2-4-12(9-10)14-13(11-5-7-20-8-6-11)15(22-21-14)16(17,18)19/h2-9H,1H3,(H,21,22). The highest BCUT2D eigenvalue weighted by atomic mass is 19.4. The van der Waals surface area contributed by atoms with Crippen molar-refractivity contribution in [2.45, 2.75) is 13.1 Å². The number of aromatic nitrogens is 3. The third-order valence-electron chi connectivity index (χ3n) is 3.31. The first kappa shape index (κ1) is 14.3. The molecule has 0 atom stereocenters. The molecule has 0 saturated carbocycles. The van der Waals surface area contributed by atoms with Crippen LogP contribution in [0.2, 0.25) is 0 Å². The summed E-state index contributed by atoms with van der Waals surface area (Å²) in [7, 11) is 0. The first-order chi connectivity index (χ1) is 10.5. The predicted octanol–water partition coefficient (Wildman–Crippen LogP) is 4.47. The predicted molar refractivity (Wildman–Crippen MR) is 77.0 cm³/mol. The van der Waals surface area contributed by atoms with Gasteiger partial charge in [0.1, 0.15) is 11.4 Å². The second-order valence-corrected chi connectivity index (χ2v) is 4.93. The molecule has 0 aliphatic heterocycles. The molecule has 0 bridgehead atoms. The normalized spacial score (nSPS) is 11.6.